The minimum Gasteiger partial charge on any atom is -0.325 e. The van der Waals surface area contributed by atoms with Crippen molar-refractivity contribution in [1.29, 1.82) is 0 Å². The Morgan fingerprint density at radius 2 is 2.31 bits per heavy atom. The molecule has 2 rings (SSSR count). The average molecular weight is 196 g/mol. The quantitative estimate of drug-likeness (QED) is 0.753. The Bertz CT molecular complexity index is 447. The van der Waals surface area contributed by atoms with Crippen LogP contribution in [0.5, 0.6) is 0 Å². The van der Waals surface area contributed by atoms with Crippen LogP contribution < -0.4 is 5.73 Å². The second-order valence-electron chi connectivity index (χ2n) is 2.91. The molecule has 4 heteroatoms. The number of nitrogens with two attached hydrogens (primary N) is 1. The molecule has 0 bridgehead atoms. The maximum atomic E-state index is 6.05. The number of fused-ring (bicyclic) bond motifs is 1. The second-order valence-corrected chi connectivity index (χ2v) is 3.32. The molecule has 0 aliphatic carbocycles. The monoisotopic (exact) mass is 195 g/mol. The van der Waals surface area contributed by atoms with Gasteiger partial charge in [0.25, 0.3) is 0 Å². The molecule has 1 heterocycles. The van der Waals surface area contributed by atoms with Gasteiger partial charge < -0.3 is 5.73 Å². The fourth-order valence-corrected chi connectivity index (χ4v) is 1.77. The molecule has 1 aromatic carbocycles. The molecule has 0 aliphatic rings. The molecule has 0 radical (unpaired) electrons. The van der Waals surface area contributed by atoms with Gasteiger partial charge in [0.2, 0.25) is 0 Å². The van der Waals surface area contributed by atoms with Gasteiger partial charge in [0.1, 0.15) is 0 Å². The van der Waals surface area contributed by atoms with Crippen LogP contribution in [-0.2, 0) is 13.6 Å². The van der Waals surface area contributed by atoms with Gasteiger partial charge in [-0.2, -0.15) is 5.10 Å². The summed E-state index contributed by atoms with van der Waals surface area (Å²) < 4.78 is 1.80. The molecular formula is C9H10ClN3. The van der Waals surface area contributed by atoms with E-state index < -0.39 is 0 Å². The third kappa shape index (κ3) is 1.20. The highest BCUT2D eigenvalue weighted by Gasteiger charge is 2.09. The Labute approximate surface area is 81.1 Å². The van der Waals surface area contributed by atoms with Gasteiger partial charge in [0.05, 0.1) is 16.2 Å². The van der Waals surface area contributed by atoms with Crippen molar-refractivity contribution in [2.75, 3.05) is 0 Å². The van der Waals surface area contributed by atoms with E-state index in [2.05, 4.69) is 5.10 Å². The highest BCUT2D eigenvalue weighted by molar-refractivity contribution is 6.35. The number of halogens is 1. The van der Waals surface area contributed by atoms with Gasteiger partial charge in [-0.25, -0.2) is 0 Å². The standard InChI is InChI=1S/C9H10ClN3/c1-13-8-4-2-3-6(10)9(8)7(5-11)12-13/h2-4H,5,11H2,1H3. The van der Waals surface area contributed by atoms with Crippen molar-refractivity contribution in [3.63, 3.8) is 0 Å². The minimum absolute atomic E-state index is 0.418. The third-order valence-electron chi connectivity index (χ3n) is 2.09. The summed E-state index contributed by atoms with van der Waals surface area (Å²) in [5.41, 5.74) is 7.43. The van der Waals surface area contributed by atoms with Crippen molar-refractivity contribution in [3.05, 3.63) is 28.9 Å². The Morgan fingerprint density at radius 1 is 1.54 bits per heavy atom. The van der Waals surface area contributed by atoms with Gasteiger partial charge in [0.15, 0.2) is 0 Å². The molecule has 0 aliphatic heterocycles. The smallest absolute Gasteiger partial charge is 0.0853 e. The molecule has 0 amide bonds. The van der Waals surface area contributed by atoms with Crippen molar-refractivity contribution >= 4 is 22.5 Å². The first-order chi connectivity index (χ1) is 6.24. The van der Waals surface area contributed by atoms with Crippen molar-refractivity contribution in [3.8, 4) is 0 Å². The maximum Gasteiger partial charge on any atom is 0.0853 e. The summed E-state index contributed by atoms with van der Waals surface area (Å²) in [5, 5.41) is 5.96. The van der Waals surface area contributed by atoms with Crippen LogP contribution in [0.25, 0.3) is 10.9 Å². The summed E-state index contributed by atoms with van der Waals surface area (Å²) in [6.07, 6.45) is 0. The van der Waals surface area contributed by atoms with E-state index in [1.165, 1.54) is 0 Å². The Balaban J connectivity index is 2.89. The van der Waals surface area contributed by atoms with Crippen molar-refractivity contribution in [2.45, 2.75) is 6.54 Å². The first kappa shape index (κ1) is 8.53. The summed E-state index contributed by atoms with van der Waals surface area (Å²) in [6.45, 7) is 0.418. The van der Waals surface area contributed by atoms with E-state index in [0.29, 0.717) is 11.6 Å². The van der Waals surface area contributed by atoms with Crippen LogP contribution in [0.4, 0.5) is 0 Å². The summed E-state index contributed by atoms with van der Waals surface area (Å²) in [5.74, 6) is 0. The zero-order valence-corrected chi connectivity index (χ0v) is 8.04. The molecule has 0 fully saturated rings. The van der Waals surface area contributed by atoms with Crippen LogP contribution in [-0.4, -0.2) is 9.78 Å². The van der Waals surface area contributed by atoms with E-state index in [0.717, 1.165) is 16.6 Å². The van der Waals surface area contributed by atoms with Crippen LogP contribution in [0, 0.1) is 0 Å². The fourth-order valence-electron chi connectivity index (χ4n) is 1.50. The second kappa shape index (κ2) is 3.01. The lowest BCUT2D eigenvalue weighted by Gasteiger charge is -1.95. The van der Waals surface area contributed by atoms with E-state index >= 15 is 0 Å². The molecule has 2 N–H and O–H groups in total. The highest BCUT2D eigenvalue weighted by Crippen LogP contribution is 2.25. The molecule has 68 valence electrons. The highest BCUT2D eigenvalue weighted by atomic mass is 35.5. The van der Waals surface area contributed by atoms with Crippen molar-refractivity contribution < 1.29 is 0 Å². The lowest BCUT2D eigenvalue weighted by atomic mass is 10.2. The largest absolute Gasteiger partial charge is 0.325 e. The molecule has 13 heavy (non-hydrogen) atoms. The number of aromatic nitrogens is 2. The van der Waals surface area contributed by atoms with Crippen molar-refractivity contribution in [2.24, 2.45) is 12.8 Å². The molecule has 0 saturated heterocycles. The fraction of sp³-hybridized carbons (Fsp3) is 0.222. The van der Waals surface area contributed by atoms with Crippen molar-refractivity contribution in [1.82, 2.24) is 9.78 Å². The number of nitrogens with zero attached hydrogens (tertiary/aromatic N) is 2. The number of benzene rings is 1. The van der Waals surface area contributed by atoms with Gasteiger partial charge in [-0.1, -0.05) is 17.7 Å². The first-order valence-electron chi connectivity index (χ1n) is 4.04. The predicted octanol–water partition coefficient (Wildman–Crippen LogP) is 1.69. The normalized spacial score (nSPS) is 11.0. The van der Waals surface area contributed by atoms with Crippen LogP contribution in [0.2, 0.25) is 5.02 Å². The van der Waals surface area contributed by atoms with E-state index in [-0.39, 0.29) is 0 Å². The molecule has 0 spiro atoms. The summed E-state index contributed by atoms with van der Waals surface area (Å²) >= 11 is 6.05. The van der Waals surface area contributed by atoms with Gasteiger partial charge in [-0.3, -0.25) is 4.68 Å². The molecule has 0 unspecified atom stereocenters. The summed E-state index contributed by atoms with van der Waals surface area (Å²) in [7, 11) is 1.89. The Hall–Kier alpha value is -1.06. The number of rotatable bonds is 1. The zero-order valence-electron chi connectivity index (χ0n) is 7.29. The van der Waals surface area contributed by atoms with Gasteiger partial charge in [-0.15, -0.1) is 0 Å². The number of hydrogen-bond donors (Lipinski definition) is 1. The van der Waals surface area contributed by atoms with Crippen LogP contribution in [0.15, 0.2) is 18.2 Å². The Kier molecular flexibility index (Phi) is 1.98. The third-order valence-corrected chi connectivity index (χ3v) is 2.41. The molecule has 0 atom stereocenters. The SMILES string of the molecule is Cn1nc(CN)c2c(Cl)cccc21. The number of aryl methyl sites for hydroxylation is 1. The van der Waals surface area contributed by atoms with Crippen LogP contribution in [0.3, 0.4) is 0 Å². The molecule has 3 nitrogen and oxygen atoms in total. The van der Waals surface area contributed by atoms with Gasteiger partial charge in [-0.05, 0) is 12.1 Å². The maximum absolute atomic E-state index is 6.05. The lowest BCUT2D eigenvalue weighted by molar-refractivity contribution is 0.766. The molecule has 0 saturated carbocycles. The zero-order chi connectivity index (χ0) is 9.42. The van der Waals surface area contributed by atoms with E-state index in [1.54, 1.807) is 4.68 Å². The summed E-state index contributed by atoms with van der Waals surface area (Å²) in [4.78, 5) is 0. The minimum atomic E-state index is 0.418. The van der Waals surface area contributed by atoms with Gasteiger partial charge in [0, 0.05) is 19.0 Å². The van der Waals surface area contributed by atoms with Crippen LogP contribution in [0.1, 0.15) is 5.69 Å². The molecular weight excluding hydrogens is 186 g/mol. The first-order valence-corrected chi connectivity index (χ1v) is 4.42. The average Bonchev–Trinajstić information content (AvgIpc) is 2.45. The lowest BCUT2D eigenvalue weighted by Crippen LogP contribution is -1.98. The topological polar surface area (TPSA) is 43.8 Å². The van der Waals surface area contributed by atoms with E-state index in [1.807, 2.05) is 25.2 Å². The predicted molar refractivity (Wildman–Crippen MR) is 53.6 cm³/mol. The van der Waals surface area contributed by atoms with Crippen LogP contribution >= 0.6 is 11.6 Å². The van der Waals surface area contributed by atoms with E-state index in [4.69, 9.17) is 17.3 Å². The number of hydrogen-bond acceptors (Lipinski definition) is 2. The molecule has 1 aromatic heterocycles. The van der Waals surface area contributed by atoms with Gasteiger partial charge >= 0.3 is 0 Å². The summed E-state index contributed by atoms with van der Waals surface area (Å²) in [6, 6.07) is 5.74. The Morgan fingerprint density at radius 3 is 3.00 bits per heavy atom. The molecule has 2 aromatic rings. The van der Waals surface area contributed by atoms with E-state index in [9.17, 15) is 0 Å².